The topological polar surface area (TPSA) is 41.5 Å². The van der Waals surface area contributed by atoms with Crippen molar-refractivity contribution in [3.63, 3.8) is 0 Å². The Labute approximate surface area is 77.2 Å². The quantitative estimate of drug-likeness (QED) is 0.322. The third-order valence-corrected chi connectivity index (χ3v) is 1.12. The van der Waals surface area contributed by atoms with E-state index in [1.165, 1.54) is 0 Å². The molecule has 0 aromatic carbocycles. The number of hydrogen-bond donors (Lipinski definition) is 0. The average Bonchev–Trinajstić information content (AvgIpc) is 1.64. The maximum atomic E-state index is 10.3. The zero-order chi connectivity index (χ0) is 5.98. The molecule has 1 unspecified atom stereocenters. The summed E-state index contributed by atoms with van der Waals surface area (Å²) in [6.07, 6.45) is 0.907. The second-order valence-electron chi connectivity index (χ2n) is 1.89. The van der Waals surface area contributed by atoms with Gasteiger partial charge in [0.2, 0.25) is 0 Å². The van der Waals surface area contributed by atoms with E-state index < -0.39 is 7.32 Å². The first-order valence-electron chi connectivity index (χ1n) is 2.72. The molecule has 9 heavy (non-hydrogen) atoms. The van der Waals surface area contributed by atoms with Crippen LogP contribution in [0.25, 0.3) is 0 Å². The molecule has 0 bridgehead atoms. The molecule has 1 fully saturated rings. The van der Waals surface area contributed by atoms with Gasteiger partial charge in [-0.1, -0.05) is 0 Å². The van der Waals surface area contributed by atoms with E-state index in [-0.39, 0.29) is 35.7 Å². The molecule has 0 aromatic rings. The van der Waals surface area contributed by atoms with E-state index in [0.29, 0.717) is 6.61 Å². The monoisotopic (exact) mass is 138 g/mol. The summed E-state index contributed by atoms with van der Waals surface area (Å²) in [5.74, 6) is 0. The summed E-state index contributed by atoms with van der Waals surface area (Å²) in [5, 5.41) is 10.3. The van der Waals surface area contributed by atoms with Gasteiger partial charge in [-0.15, -0.1) is 0 Å². The van der Waals surface area contributed by atoms with Crippen LogP contribution in [0.2, 0.25) is 0 Å². The molecule has 1 aliphatic rings. The van der Waals surface area contributed by atoms with Gasteiger partial charge < -0.3 is 14.3 Å². The van der Waals surface area contributed by atoms with Gasteiger partial charge in [0, 0.05) is 12.7 Å². The van der Waals surface area contributed by atoms with Gasteiger partial charge in [0.25, 0.3) is 0 Å². The molecule has 0 spiro atoms. The summed E-state index contributed by atoms with van der Waals surface area (Å²) < 4.78 is 9.28. The summed E-state index contributed by atoms with van der Waals surface area (Å²) in [7, 11) is -1.24. The first-order chi connectivity index (χ1) is 3.79. The van der Waals surface area contributed by atoms with E-state index in [0.717, 1.165) is 6.42 Å². The number of hydrogen-bond acceptors (Lipinski definition) is 3. The zero-order valence-electron chi connectivity index (χ0n) is 5.79. The summed E-state index contributed by atoms with van der Waals surface area (Å²) in [4.78, 5) is 0. The van der Waals surface area contributed by atoms with E-state index in [2.05, 4.69) is 4.65 Å². The average molecular weight is 138 g/mol. The third-order valence-electron chi connectivity index (χ3n) is 1.12. The Bertz CT molecular complexity index is 74.2. The maximum absolute atomic E-state index is 10.3. The Morgan fingerprint density at radius 3 is 2.67 bits per heavy atom. The Hall–Kier alpha value is 0.945. The summed E-state index contributed by atoms with van der Waals surface area (Å²) in [5.41, 5.74) is 0. The van der Waals surface area contributed by atoms with Gasteiger partial charge in [0.05, 0.1) is 0 Å². The fourth-order valence-electron chi connectivity index (χ4n) is 0.627. The van der Waals surface area contributed by atoms with E-state index in [1.807, 2.05) is 6.92 Å². The van der Waals surface area contributed by atoms with Crippen LogP contribution in [0, 0.1) is 0 Å². The molecule has 46 valence electrons. The molecule has 1 rings (SSSR count). The molecule has 0 aromatic heterocycles. The standard InChI is InChI=1S/C4H8BO3.Na/c1-4-2-3-7-5(6)8-4;/h4H,2-3H2,1H3;/q-1;+1. The van der Waals surface area contributed by atoms with Crippen LogP contribution in [-0.4, -0.2) is 20.0 Å². The van der Waals surface area contributed by atoms with Crippen LogP contribution in [0.3, 0.4) is 0 Å². The van der Waals surface area contributed by atoms with Crippen LogP contribution in [-0.2, 0) is 9.31 Å². The summed E-state index contributed by atoms with van der Waals surface area (Å²) >= 11 is 0. The Morgan fingerprint density at radius 1 is 1.67 bits per heavy atom. The van der Waals surface area contributed by atoms with Gasteiger partial charge in [-0.3, -0.25) is 0 Å². The van der Waals surface area contributed by atoms with Crippen LogP contribution in [0.5, 0.6) is 0 Å². The fraction of sp³-hybridized carbons (Fsp3) is 1.00. The van der Waals surface area contributed by atoms with Gasteiger partial charge in [-0.2, -0.15) is 0 Å². The van der Waals surface area contributed by atoms with Crippen LogP contribution in [0.1, 0.15) is 13.3 Å². The molecular formula is C4H8BNaO3. The molecule has 1 atom stereocenters. The molecular weight excluding hydrogens is 130 g/mol. The van der Waals surface area contributed by atoms with Gasteiger partial charge in [-0.25, -0.2) is 0 Å². The second-order valence-corrected chi connectivity index (χ2v) is 1.89. The van der Waals surface area contributed by atoms with Crippen molar-refractivity contribution in [3.8, 4) is 0 Å². The predicted molar refractivity (Wildman–Crippen MR) is 26.9 cm³/mol. The minimum Gasteiger partial charge on any atom is -0.832 e. The minimum atomic E-state index is -1.24. The first-order valence-corrected chi connectivity index (χ1v) is 2.72. The van der Waals surface area contributed by atoms with E-state index in [1.54, 1.807) is 0 Å². The van der Waals surface area contributed by atoms with Crippen LogP contribution >= 0.6 is 0 Å². The summed E-state index contributed by atoms with van der Waals surface area (Å²) in [6.45, 7) is 2.41. The SMILES string of the molecule is CC1CCOB([O-])O1.[Na+]. The molecule has 1 heterocycles. The maximum Gasteiger partial charge on any atom is 1.00 e. The van der Waals surface area contributed by atoms with Crippen molar-refractivity contribution in [2.45, 2.75) is 19.4 Å². The Balaban J connectivity index is 0.000000640. The van der Waals surface area contributed by atoms with E-state index in [9.17, 15) is 5.02 Å². The minimum absolute atomic E-state index is 0. The Morgan fingerprint density at radius 2 is 2.33 bits per heavy atom. The van der Waals surface area contributed by atoms with Crippen molar-refractivity contribution >= 4 is 7.32 Å². The van der Waals surface area contributed by atoms with Crippen LogP contribution in [0.15, 0.2) is 0 Å². The molecule has 3 nitrogen and oxygen atoms in total. The number of rotatable bonds is 0. The molecule has 1 saturated heterocycles. The van der Waals surface area contributed by atoms with Crippen molar-refractivity contribution in [3.05, 3.63) is 0 Å². The molecule has 1 aliphatic heterocycles. The smallest absolute Gasteiger partial charge is 0.832 e. The molecule has 0 aliphatic carbocycles. The largest absolute Gasteiger partial charge is 1.00 e. The van der Waals surface area contributed by atoms with Crippen molar-refractivity contribution < 1.29 is 43.9 Å². The van der Waals surface area contributed by atoms with Crippen molar-refractivity contribution in [1.82, 2.24) is 0 Å². The third kappa shape index (κ3) is 3.60. The molecule has 5 heteroatoms. The predicted octanol–water partition coefficient (Wildman–Crippen LogP) is -3.84. The molecule has 0 radical (unpaired) electrons. The van der Waals surface area contributed by atoms with Gasteiger partial charge in [0.1, 0.15) is 0 Å². The van der Waals surface area contributed by atoms with Crippen molar-refractivity contribution in [2.24, 2.45) is 0 Å². The van der Waals surface area contributed by atoms with Crippen LogP contribution in [0.4, 0.5) is 0 Å². The van der Waals surface area contributed by atoms with E-state index in [4.69, 9.17) is 4.65 Å². The molecule has 0 amide bonds. The Kier molecular flexibility index (Phi) is 5.21. The van der Waals surface area contributed by atoms with Crippen molar-refractivity contribution in [2.75, 3.05) is 6.61 Å². The molecule has 0 saturated carbocycles. The normalized spacial score (nSPS) is 27.3. The van der Waals surface area contributed by atoms with Crippen molar-refractivity contribution in [1.29, 1.82) is 0 Å². The fourth-order valence-corrected chi connectivity index (χ4v) is 0.627. The van der Waals surface area contributed by atoms with Gasteiger partial charge >= 0.3 is 36.9 Å². The van der Waals surface area contributed by atoms with Crippen LogP contribution < -0.4 is 34.6 Å². The first kappa shape index (κ1) is 9.94. The van der Waals surface area contributed by atoms with Gasteiger partial charge in [0.15, 0.2) is 0 Å². The zero-order valence-corrected chi connectivity index (χ0v) is 7.79. The summed E-state index contributed by atoms with van der Waals surface area (Å²) in [6, 6.07) is 0. The second kappa shape index (κ2) is 4.71. The van der Waals surface area contributed by atoms with E-state index >= 15 is 0 Å². The molecule has 0 N–H and O–H groups in total. The van der Waals surface area contributed by atoms with Gasteiger partial charge in [-0.05, 0) is 13.3 Å².